The average Bonchev–Trinajstić information content (AvgIpc) is 2.80. The normalized spacial score (nSPS) is 11.4. The molecule has 1 aromatic heterocycles. The van der Waals surface area contributed by atoms with Gasteiger partial charge in [0.2, 0.25) is 0 Å². The number of aromatic nitrogens is 2. The Hall–Kier alpha value is -2.89. The molecule has 2 aromatic carbocycles. The molecule has 3 aromatic rings. The maximum atomic E-state index is 13.2. The maximum Gasteiger partial charge on any atom is 0.330 e. The molecule has 0 amide bonds. The van der Waals surface area contributed by atoms with Crippen LogP contribution in [-0.4, -0.2) is 45.2 Å². The number of aromatic amines is 1. The Labute approximate surface area is 200 Å². The molecule has 176 valence electrons. The first-order chi connectivity index (χ1) is 15.8. The second-order valence-corrected chi connectivity index (χ2v) is 10.2. The van der Waals surface area contributed by atoms with Crippen molar-refractivity contribution in [3.63, 3.8) is 0 Å². The minimum absolute atomic E-state index is 0.0405. The number of benzene rings is 2. The number of rotatable bonds is 10. The molecule has 0 unspecified atom stereocenters. The Bertz CT molecular complexity index is 1310. The van der Waals surface area contributed by atoms with Crippen molar-refractivity contribution >= 4 is 37.5 Å². The predicted octanol–water partition coefficient (Wildman–Crippen LogP) is 2.19. The SMILES string of the molecule is CNCCCNc1c(N(C)S(=O)(=O)c2ccccc2)c(=O)[nH]c(=O)n1Cc1ccc(Br)cc1. The Morgan fingerprint density at radius 2 is 1.70 bits per heavy atom. The van der Waals surface area contributed by atoms with Crippen LogP contribution in [0.1, 0.15) is 12.0 Å². The minimum Gasteiger partial charge on any atom is -0.369 e. The molecule has 0 fully saturated rings. The van der Waals surface area contributed by atoms with Gasteiger partial charge in [0.25, 0.3) is 15.6 Å². The van der Waals surface area contributed by atoms with Gasteiger partial charge in [0.15, 0.2) is 5.69 Å². The highest BCUT2D eigenvalue weighted by atomic mass is 79.9. The molecule has 3 rings (SSSR count). The van der Waals surface area contributed by atoms with Gasteiger partial charge < -0.3 is 10.6 Å². The lowest BCUT2D eigenvalue weighted by Crippen LogP contribution is -2.39. The number of halogens is 1. The molecule has 0 spiro atoms. The van der Waals surface area contributed by atoms with Gasteiger partial charge in [0.1, 0.15) is 5.82 Å². The van der Waals surface area contributed by atoms with Crippen LogP contribution in [0.15, 0.2) is 73.6 Å². The van der Waals surface area contributed by atoms with Gasteiger partial charge in [-0.1, -0.05) is 46.3 Å². The summed E-state index contributed by atoms with van der Waals surface area (Å²) in [6, 6.07) is 15.2. The first kappa shape index (κ1) is 24.7. The quantitative estimate of drug-likeness (QED) is 0.342. The van der Waals surface area contributed by atoms with Crippen molar-refractivity contribution < 1.29 is 8.42 Å². The van der Waals surface area contributed by atoms with Gasteiger partial charge in [-0.05, 0) is 49.8 Å². The van der Waals surface area contributed by atoms with Gasteiger partial charge in [0, 0.05) is 18.1 Å². The monoisotopic (exact) mass is 535 g/mol. The molecule has 0 bridgehead atoms. The van der Waals surface area contributed by atoms with Gasteiger partial charge in [-0.2, -0.15) is 0 Å². The van der Waals surface area contributed by atoms with Gasteiger partial charge in [0.05, 0.1) is 11.4 Å². The van der Waals surface area contributed by atoms with Crippen LogP contribution in [0.25, 0.3) is 0 Å². The largest absolute Gasteiger partial charge is 0.369 e. The van der Waals surface area contributed by atoms with Gasteiger partial charge in [-0.15, -0.1) is 0 Å². The van der Waals surface area contributed by atoms with E-state index in [1.54, 1.807) is 18.2 Å². The number of H-pyrrole nitrogens is 1. The van der Waals surface area contributed by atoms with Crippen LogP contribution in [0.4, 0.5) is 11.5 Å². The van der Waals surface area contributed by atoms with Gasteiger partial charge in [-0.3, -0.25) is 18.7 Å². The Balaban J connectivity index is 2.14. The molecule has 0 saturated carbocycles. The van der Waals surface area contributed by atoms with Crippen LogP contribution in [-0.2, 0) is 16.6 Å². The number of anilines is 2. The standard InChI is InChI=1S/C22H26BrN5O4S/c1-24-13-6-14-25-20-19(27(2)33(31,32)18-7-4-3-5-8-18)21(29)26-22(30)28(20)15-16-9-11-17(23)12-10-16/h3-5,7-12,24-25H,6,13-15H2,1-2H3,(H,26,29,30). The molecule has 1 heterocycles. The molecule has 11 heteroatoms. The number of nitrogens with zero attached hydrogens (tertiary/aromatic N) is 2. The Morgan fingerprint density at radius 3 is 2.33 bits per heavy atom. The van der Waals surface area contributed by atoms with E-state index in [0.29, 0.717) is 19.5 Å². The van der Waals surface area contributed by atoms with E-state index in [-0.39, 0.29) is 22.9 Å². The van der Waals surface area contributed by atoms with Crippen LogP contribution in [0.5, 0.6) is 0 Å². The third kappa shape index (κ3) is 5.73. The van der Waals surface area contributed by atoms with E-state index in [2.05, 4.69) is 31.5 Å². The molecule has 0 atom stereocenters. The third-order valence-corrected chi connectivity index (χ3v) is 7.34. The number of hydrogen-bond donors (Lipinski definition) is 3. The summed E-state index contributed by atoms with van der Waals surface area (Å²) in [7, 11) is -0.914. The van der Waals surface area contributed by atoms with E-state index in [4.69, 9.17) is 0 Å². The van der Waals surface area contributed by atoms with Crippen LogP contribution >= 0.6 is 15.9 Å². The Morgan fingerprint density at radius 1 is 1.03 bits per heavy atom. The lowest BCUT2D eigenvalue weighted by atomic mass is 10.2. The van der Waals surface area contributed by atoms with Crippen LogP contribution in [0.2, 0.25) is 0 Å². The molecule has 9 nitrogen and oxygen atoms in total. The lowest BCUT2D eigenvalue weighted by molar-refractivity contribution is 0.593. The van der Waals surface area contributed by atoms with Gasteiger partial charge >= 0.3 is 5.69 Å². The topological polar surface area (TPSA) is 116 Å². The first-order valence-electron chi connectivity index (χ1n) is 10.3. The minimum atomic E-state index is -4.04. The molecule has 3 N–H and O–H groups in total. The molecule has 0 aliphatic rings. The van der Waals surface area contributed by atoms with E-state index in [1.165, 1.54) is 23.7 Å². The van der Waals surface area contributed by atoms with Crippen molar-refractivity contribution in [1.82, 2.24) is 14.9 Å². The fourth-order valence-corrected chi connectivity index (χ4v) is 4.79. The molecule has 0 saturated heterocycles. The summed E-state index contributed by atoms with van der Waals surface area (Å²) < 4.78 is 29.6. The van der Waals surface area contributed by atoms with E-state index in [9.17, 15) is 18.0 Å². The van der Waals surface area contributed by atoms with E-state index < -0.39 is 21.3 Å². The third-order valence-electron chi connectivity index (χ3n) is 5.04. The summed E-state index contributed by atoms with van der Waals surface area (Å²) in [5.41, 5.74) is -0.761. The molecule has 0 radical (unpaired) electrons. The highest BCUT2D eigenvalue weighted by molar-refractivity contribution is 9.10. The van der Waals surface area contributed by atoms with Gasteiger partial charge in [-0.25, -0.2) is 13.2 Å². The highest BCUT2D eigenvalue weighted by Crippen LogP contribution is 2.26. The van der Waals surface area contributed by atoms with Crippen molar-refractivity contribution in [2.24, 2.45) is 0 Å². The van der Waals surface area contributed by atoms with E-state index >= 15 is 0 Å². The molecule has 33 heavy (non-hydrogen) atoms. The fourth-order valence-electron chi connectivity index (χ4n) is 3.30. The molecular formula is C22H26BrN5O4S. The lowest BCUT2D eigenvalue weighted by Gasteiger charge is -2.24. The summed E-state index contributed by atoms with van der Waals surface area (Å²) in [6.07, 6.45) is 0.699. The number of nitrogens with one attached hydrogen (secondary N) is 3. The van der Waals surface area contributed by atoms with Crippen molar-refractivity contribution in [3.8, 4) is 0 Å². The smallest absolute Gasteiger partial charge is 0.330 e. The maximum absolute atomic E-state index is 13.2. The van der Waals surface area contributed by atoms with Crippen molar-refractivity contribution in [2.45, 2.75) is 17.9 Å². The highest BCUT2D eigenvalue weighted by Gasteiger charge is 2.28. The first-order valence-corrected chi connectivity index (χ1v) is 12.5. The summed E-state index contributed by atoms with van der Waals surface area (Å²) in [5, 5.41) is 6.15. The van der Waals surface area contributed by atoms with E-state index in [0.717, 1.165) is 14.3 Å². The summed E-state index contributed by atoms with van der Waals surface area (Å²) in [6.45, 7) is 1.28. The zero-order valence-electron chi connectivity index (χ0n) is 18.3. The van der Waals surface area contributed by atoms with Crippen molar-refractivity contribution in [1.29, 1.82) is 0 Å². The number of hydrogen-bond acceptors (Lipinski definition) is 6. The van der Waals surface area contributed by atoms with Crippen molar-refractivity contribution in [3.05, 3.63) is 85.5 Å². The summed E-state index contributed by atoms with van der Waals surface area (Å²) in [5.74, 6) is 0.143. The predicted molar refractivity (Wildman–Crippen MR) is 134 cm³/mol. The van der Waals surface area contributed by atoms with Crippen molar-refractivity contribution in [2.75, 3.05) is 36.8 Å². The molecule has 0 aliphatic carbocycles. The molecule has 0 aliphatic heterocycles. The average molecular weight is 536 g/mol. The summed E-state index contributed by atoms with van der Waals surface area (Å²) in [4.78, 5) is 28.0. The van der Waals surface area contributed by atoms with Crippen LogP contribution in [0.3, 0.4) is 0 Å². The number of sulfonamides is 1. The molecular weight excluding hydrogens is 510 g/mol. The second-order valence-electron chi connectivity index (χ2n) is 7.34. The van der Waals surface area contributed by atoms with E-state index in [1.807, 2.05) is 31.3 Å². The Kier molecular flexibility index (Phi) is 8.11. The zero-order chi connectivity index (χ0) is 24.0. The summed E-state index contributed by atoms with van der Waals surface area (Å²) >= 11 is 3.39. The fraction of sp³-hybridized carbons (Fsp3) is 0.273. The second kappa shape index (κ2) is 10.8. The van der Waals surface area contributed by atoms with Crippen LogP contribution < -0.4 is 26.2 Å². The zero-order valence-corrected chi connectivity index (χ0v) is 20.7. The van der Waals surface area contributed by atoms with Crippen LogP contribution in [0, 0.1) is 0 Å².